The molecule has 5 aromatic carbocycles. The highest BCUT2D eigenvalue weighted by Gasteiger charge is 2.50. The molecule has 166 valence electrons. The minimum atomic E-state index is 0.0890. The first-order chi connectivity index (χ1) is 17.2. The van der Waals surface area contributed by atoms with E-state index in [0.29, 0.717) is 5.56 Å². The van der Waals surface area contributed by atoms with Gasteiger partial charge in [-0.25, -0.2) is 0 Å². The summed E-state index contributed by atoms with van der Waals surface area (Å²) in [6.07, 6.45) is 2.35. The molecule has 2 aliphatic carbocycles. The van der Waals surface area contributed by atoms with Gasteiger partial charge in [-0.2, -0.15) is 5.26 Å². The van der Waals surface area contributed by atoms with Crippen LogP contribution in [-0.2, 0) is 5.41 Å². The maximum Gasteiger partial charge on any atom is 0.0991 e. The van der Waals surface area contributed by atoms with Crippen molar-refractivity contribution in [2.45, 2.75) is 18.3 Å². The highest BCUT2D eigenvalue weighted by atomic mass is 79.9. The maximum atomic E-state index is 9.29. The molecule has 0 aromatic heterocycles. The van der Waals surface area contributed by atoms with Crippen molar-refractivity contribution >= 4 is 43.8 Å². The molecule has 3 heteroatoms. The average molecular weight is 513 g/mol. The quantitative estimate of drug-likeness (QED) is 0.241. The molecule has 0 bridgehead atoms. The molecule has 0 aliphatic heterocycles. The van der Waals surface area contributed by atoms with Crippen molar-refractivity contribution in [2.24, 2.45) is 0 Å². The van der Waals surface area contributed by atoms with Crippen LogP contribution in [0.3, 0.4) is 0 Å². The fraction of sp³-hybridized carbons (Fsp3) is 0.0938. The summed E-state index contributed by atoms with van der Waals surface area (Å²) in [4.78, 5) is 2.29. The molecule has 0 unspecified atom stereocenters. The van der Waals surface area contributed by atoms with E-state index in [9.17, 15) is 5.26 Å². The number of rotatable bonds is 3. The standard InChI is InChI=1S/C32H21BrN2/c33-30-16-15-28-31-26(7-4-8-27(30)31)25-14-13-24(19-29(25)32(28)17-18-32)35(22-5-2-1-3-6-22)23-11-9-21(20-34)10-12-23/h1-16,19H,17-18H2. The normalized spacial score (nSPS) is 14.4. The predicted octanol–water partition coefficient (Wildman–Crippen LogP) is 9.00. The van der Waals surface area contributed by atoms with Crippen LogP contribution in [-0.4, -0.2) is 0 Å². The van der Waals surface area contributed by atoms with Crippen LogP contribution < -0.4 is 4.90 Å². The van der Waals surface area contributed by atoms with E-state index in [4.69, 9.17) is 0 Å². The monoisotopic (exact) mass is 512 g/mol. The molecule has 35 heavy (non-hydrogen) atoms. The van der Waals surface area contributed by atoms with E-state index < -0.39 is 0 Å². The summed E-state index contributed by atoms with van der Waals surface area (Å²) in [6, 6.07) is 38.7. The zero-order chi connectivity index (χ0) is 23.6. The molecule has 2 nitrogen and oxygen atoms in total. The molecule has 0 amide bonds. The van der Waals surface area contributed by atoms with Gasteiger partial charge < -0.3 is 4.90 Å². The van der Waals surface area contributed by atoms with Crippen molar-refractivity contribution in [3.63, 3.8) is 0 Å². The molecule has 0 radical (unpaired) electrons. The maximum absolute atomic E-state index is 9.29. The van der Waals surface area contributed by atoms with Gasteiger partial charge >= 0.3 is 0 Å². The lowest BCUT2D eigenvalue weighted by molar-refractivity contribution is 0.852. The van der Waals surface area contributed by atoms with Crippen molar-refractivity contribution in [1.29, 1.82) is 5.26 Å². The summed E-state index contributed by atoms with van der Waals surface area (Å²) >= 11 is 3.78. The number of halogens is 1. The minimum Gasteiger partial charge on any atom is -0.310 e. The number of nitriles is 1. The van der Waals surface area contributed by atoms with Gasteiger partial charge in [-0.1, -0.05) is 64.5 Å². The van der Waals surface area contributed by atoms with E-state index in [1.165, 1.54) is 45.9 Å². The Morgan fingerprint density at radius 2 is 1.43 bits per heavy atom. The van der Waals surface area contributed by atoms with Gasteiger partial charge in [-0.3, -0.25) is 0 Å². The highest BCUT2D eigenvalue weighted by Crippen LogP contribution is 2.62. The molecule has 0 heterocycles. The SMILES string of the molecule is N#Cc1ccc(N(c2ccccc2)c2ccc3c(c2)C2(CC2)c2ccc(Br)c4cccc-3c24)cc1. The third-order valence-electron chi connectivity index (χ3n) is 7.59. The third kappa shape index (κ3) is 3.00. The molecule has 1 spiro atoms. The number of para-hydroxylation sites is 1. The van der Waals surface area contributed by atoms with Crippen molar-refractivity contribution in [1.82, 2.24) is 0 Å². The van der Waals surface area contributed by atoms with Crippen LogP contribution in [0.15, 0.2) is 108 Å². The Bertz CT molecular complexity index is 1660. The Balaban J connectivity index is 1.46. The Labute approximate surface area is 213 Å². The Morgan fingerprint density at radius 1 is 0.686 bits per heavy atom. The molecule has 7 rings (SSSR count). The average Bonchev–Trinajstić information content (AvgIpc) is 3.71. The first-order valence-corrected chi connectivity index (χ1v) is 12.7. The first-order valence-electron chi connectivity index (χ1n) is 11.9. The Kier molecular flexibility index (Phi) is 4.43. The number of anilines is 3. The molecule has 2 aliphatic rings. The molecule has 0 atom stereocenters. The van der Waals surface area contributed by atoms with Crippen LogP contribution in [0, 0.1) is 11.3 Å². The fourth-order valence-electron chi connectivity index (χ4n) is 5.81. The van der Waals surface area contributed by atoms with Gasteiger partial charge in [0.1, 0.15) is 0 Å². The zero-order valence-corrected chi connectivity index (χ0v) is 20.6. The van der Waals surface area contributed by atoms with E-state index in [-0.39, 0.29) is 5.41 Å². The van der Waals surface area contributed by atoms with Crippen LogP contribution in [0.25, 0.3) is 21.9 Å². The molecular formula is C32H21BrN2. The Hall–Kier alpha value is -3.87. The van der Waals surface area contributed by atoms with Gasteiger partial charge in [0.25, 0.3) is 0 Å². The number of hydrogen-bond acceptors (Lipinski definition) is 2. The number of fused-ring (bicyclic) bond motifs is 4. The summed E-state index contributed by atoms with van der Waals surface area (Å²) in [7, 11) is 0. The van der Waals surface area contributed by atoms with Crippen molar-refractivity contribution in [3.05, 3.63) is 124 Å². The number of nitrogens with zero attached hydrogens (tertiary/aromatic N) is 2. The highest BCUT2D eigenvalue weighted by molar-refractivity contribution is 9.10. The van der Waals surface area contributed by atoms with Crippen molar-refractivity contribution in [3.8, 4) is 17.2 Å². The lowest BCUT2D eigenvalue weighted by Crippen LogP contribution is -2.17. The van der Waals surface area contributed by atoms with Gasteiger partial charge in [0.05, 0.1) is 11.6 Å². The van der Waals surface area contributed by atoms with E-state index in [1.807, 2.05) is 30.3 Å². The fourth-order valence-corrected chi connectivity index (χ4v) is 6.28. The van der Waals surface area contributed by atoms with E-state index in [0.717, 1.165) is 21.5 Å². The van der Waals surface area contributed by atoms with Gasteiger partial charge in [-0.15, -0.1) is 0 Å². The van der Waals surface area contributed by atoms with E-state index in [1.54, 1.807) is 0 Å². The Morgan fingerprint density at radius 3 is 2.17 bits per heavy atom. The lowest BCUT2D eigenvalue weighted by Gasteiger charge is -2.32. The first kappa shape index (κ1) is 20.5. The van der Waals surface area contributed by atoms with Gasteiger partial charge in [0.2, 0.25) is 0 Å². The van der Waals surface area contributed by atoms with Crippen LogP contribution in [0.1, 0.15) is 29.5 Å². The third-order valence-corrected chi connectivity index (χ3v) is 8.28. The second kappa shape index (κ2) is 7.57. The number of benzene rings is 5. The van der Waals surface area contributed by atoms with Crippen LogP contribution >= 0.6 is 15.9 Å². The largest absolute Gasteiger partial charge is 0.310 e. The van der Waals surface area contributed by atoms with Crippen molar-refractivity contribution < 1.29 is 0 Å². The van der Waals surface area contributed by atoms with E-state index >= 15 is 0 Å². The summed E-state index contributed by atoms with van der Waals surface area (Å²) in [5.41, 5.74) is 9.58. The van der Waals surface area contributed by atoms with Crippen LogP contribution in [0.5, 0.6) is 0 Å². The summed E-state index contributed by atoms with van der Waals surface area (Å²) in [5, 5.41) is 12.0. The van der Waals surface area contributed by atoms with Crippen LogP contribution in [0.4, 0.5) is 17.1 Å². The van der Waals surface area contributed by atoms with Crippen LogP contribution in [0.2, 0.25) is 0 Å². The minimum absolute atomic E-state index is 0.0890. The zero-order valence-electron chi connectivity index (χ0n) is 19.0. The summed E-state index contributed by atoms with van der Waals surface area (Å²) in [5.74, 6) is 0. The van der Waals surface area contributed by atoms with Crippen molar-refractivity contribution in [2.75, 3.05) is 4.90 Å². The number of hydrogen-bond donors (Lipinski definition) is 0. The van der Waals surface area contributed by atoms with Gasteiger partial charge in [-0.05, 0) is 100 Å². The molecule has 0 saturated heterocycles. The topological polar surface area (TPSA) is 27.0 Å². The van der Waals surface area contributed by atoms with Gasteiger partial charge in [0, 0.05) is 26.9 Å². The molecular weight excluding hydrogens is 492 g/mol. The summed E-state index contributed by atoms with van der Waals surface area (Å²) < 4.78 is 1.16. The molecule has 1 fully saturated rings. The summed E-state index contributed by atoms with van der Waals surface area (Å²) in [6.45, 7) is 0. The smallest absolute Gasteiger partial charge is 0.0991 e. The second-order valence-electron chi connectivity index (χ2n) is 9.46. The second-order valence-corrected chi connectivity index (χ2v) is 10.3. The molecule has 5 aromatic rings. The van der Waals surface area contributed by atoms with Gasteiger partial charge in [0.15, 0.2) is 0 Å². The predicted molar refractivity (Wildman–Crippen MR) is 146 cm³/mol. The lowest BCUT2D eigenvalue weighted by atomic mass is 9.74. The van der Waals surface area contributed by atoms with E-state index in [2.05, 4.69) is 99.7 Å². The molecule has 1 saturated carbocycles. The molecule has 0 N–H and O–H groups in total.